The van der Waals surface area contributed by atoms with E-state index < -0.39 is 5.41 Å². The molecule has 0 radical (unpaired) electrons. The van der Waals surface area contributed by atoms with Crippen LogP contribution in [0.25, 0.3) is 101 Å². The second kappa shape index (κ2) is 13.4. The van der Waals surface area contributed by atoms with Gasteiger partial charge in [0.15, 0.2) is 11.6 Å². The first-order valence-corrected chi connectivity index (χ1v) is 21.0. The predicted octanol–water partition coefficient (Wildman–Crippen LogP) is 13.8. The van der Waals surface area contributed by atoms with Crippen molar-refractivity contribution in [3.05, 3.63) is 229 Å². The van der Waals surface area contributed by atoms with E-state index in [1.54, 1.807) is 0 Å². The molecule has 0 amide bonds. The van der Waals surface area contributed by atoms with Gasteiger partial charge in [-0.1, -0.05) is 176 Å². The number of hydrogen-bond donors (Lipinski definition) is 0. The van der Waals surface area contributed by atoms with Gasteiger partial charge in [0, 0.05) is 45.4 Å². The van der Waals surface area contributed by atoms with Crippen LogP contribution in [0.2, 0.25) is 0 Å². The van der Waals surface area contributed by atoms with E-state index in [0.717, 1.165) is 61.1 Å². The van der Waals surface area contributed by atoms with E-state index in [4.69, 9.17) is 24.4 Å². The molecule has 11 aromatic rings. The maximum atomic E-state index is 6.86. The predicted molar refractivity (Wildman–Crippen MR) is 248 cm³/mol. The highest BCUT2D eigenvalue weighted by Crippen LogP contribution is 2.63. The van der Waals surface area contributed by atoms with Gasteiger partial charge >= 0.3 is 0 Å². The molecule has 2 aliphatic rings. The van der Waals surface area contributed by atoms with E-state index in [2.05, 4.69) is 140 Å². The molecule has 62 heavy (non-hydrogen) atoms. The van der Waals surface area contributed by atoms with Gasteiger partial charge in [-0.25, -0.2) is 19.9 Å². The molecule has 0 bridgehead atoms. The Morgan fingerprint density at radius 2 is 0.935 bits per heavy atom. The number of para-hydroxylation sites is 1. The molecular weight excluding hydrogens is 757 g/mol. The largest absolute Gasteiger partial charge is 0.455 e. The van der Waals surface area contributed by atoms with E-state index in [0.29, 0.717) is 11.6 Å². The average molecular weight is 791 g/mol. The number of benzene rings is 8. The normalized spacial score (nSPS) is 14.5. The van der Waals surface area contributed by atoms with E-state index in [9.17, 15) is 0 Å². The first-order valence-electron chi connectivity index (χ1n) is 21.0. The number of aromatic nitrogens is 4. The summed E-state index contributed by atoms with van der Waals surface area (Å²) in [5.41, 5.74) is 18.4. The van der Waals surface area contributed by atoms with Crippen molar-refractivity contribution in [1.29, 1.82) is 0 Å². The van der Waals surface area contributed by atoms with E-state index in [1.807, 2.05) is 67.0 Å². The zero-order valence-corrected chi connectivity index (χ0v) is 33.3. The van der Waals surface area contributed by atoms with Crippen molar-refractivity contribution in [3.8, 4) is 78.7 Å². The minimum absolute atomic E-state index is 0.560. The summed E-state index contributed by atoms with van der Waals surface area (Å²) in [7, 11) is 0. The van der Waals surface area contributed by atoms with Gasteiger partial charge < -0.3 is 4.42 Å². The summed E-state index contributed by atoms with van der Waals surface area (Å²) in [4.78, 5) is 20.0. The number of hydrogen-bond acceptors (Lipinski definition) is 5. The van der Waals surface area contributed by atoms with Gasteiger partial charge in [-0.3, -0.25) is 0 Å². The lowest BCUT2D eigenvalue weighted by molar-refractivity contribution is 0.669. The van der Waals surface area contributed by atoms with Crippen molar-refractivity contribution in [2.24, 2.45) is 0 Å². The Morgan fingerprint density at radius 3 is 1.68 bits per heavy atom. The van der Waals surface area contributed by atoms with Crippen LogP contribution in [-0.4, -0.2) is 19.9 Å². The third-order valence-electron chi connectivity index (χ3n) is 12.8. The molecule has 13 rings (SSSR count). The SMILES string of the molecule is c1ccc(-c2cc(-c3ccc4c(c3)C3(c5ccccc5-c5ccccc5-4)c4ccccc4-c4c3ccc3c4oc4ccccc43)nc(-c3cnc(-c4ccccc4)nc3)n2)cc1. The summed E-state index contributed by atoms with van der Waals surface area (Å²) < 4.78 is 6.86. The molecule has 1 unspecified atom stereocenters. The minimum atomic E-state index is -0.709. The van der Waals surface area contributed by atoms with Crippen molar-refractivity contribution < 1.29 is 4.42 Å². The van der Waals surface area contributed by atoms with Crippen molar-refractivity contribution in [3.63, 3.8) is 0 Å². The molecule has 0 saturated carbocycles. The molecule has 0 N–H and O–H groups in total. The smallest absolute Gasteiger partial charge is 0.163 e. The zero-order chi connectivity index (χ0) is 40.8. The fourth-order valence-corrected chi connectivity index (χ4v) is 10.2. The van der Waals surface area contributed by atoms with Crippen LogP contribution in [0.1, 0.15) is 22.3 Å². The molecule has 5 heteroatoms. The monoisotopic (exact) mass is 790 g/mol. The van der Waals surface area contributed by atoms with Crippen molar-refractivity contribution >= 4 is 21.9 Å². The molecule has 3 heterocycles. The molecule has 0 aliphatic heterocycles. The lowest BCUT2D eigenvalue weighted by Crippen LogP contribution is -2.29. The van der Waals surface area contributed by atoms with Gasteiger partial charge in [0.25, 0.3) is 0 Å². The highest BCUT2D eigenvalue weighted by molar-refractivity contribution is 6.13. The van der Waals surface area contributed by atoms with Crippen molar-refractivity contribution in [2.45, 2.75) is 5.41 Å². The number of furan rings is 1. The molecule has 2 aliphatic carbocycles. The Morgan fingerprint density at radius 1 is 0.355 bits per heavy atom. The Balaban J connectivity index is 1.10. The van der Waals surface area contributed by atoms with Gasteiger partial charge in [0.05, 0.1) is 22.4 Å². The van der Waals surface area contributed by atoms with E-state index >= 15 is 0 Å². The van der Waals surface area contributed by atoms with Crippen LogP contribution in [0.5, 0.6) is 0 Å². The Kier molecular flexibility index (Phi) is 7.45. The summed E-state index contributed by atoms with van der Waals surface area (Å²) >= 11 is 0. The van der Waals surface area contributed by atoms with E-state index in [1.165, 1.54) is 50.1 Å². The van der Waals surface area contributed by atoms with Crippen LogP contribution in [0.3, 0.4) is 0 Å². The van der Waals surface area contributed by atoms with Crippen molar-refractivity contribution in [1.82, 2.24) is 19.9 Å². The highest BCUT2D eigenvalue weighted by Gasteiger charge is 2.50. The summed E-state index contributed by atoms with van der Waals surface area (Å²) in [5.74, 6) is 1.22. The molecule has 1 atom stereocenters. The Hall–Kier alpha value is -8.28. The topological polar surface area (TPSA) is 64.7 Å². The second-order valence-electron chi connectivity index (χ2n) is 16.1. The summed E-state index contributed by atoms with van der Waals surface area (Å²) in [6.45, 7) is 0. The van der Waals surface area contributed by atoms with Crippen LogP contribution in [0.4, 0.5) is 0 Å². The summed E-state index contributed by atoms with van der Waals surface area (Å²) in [6.07, 6.45) is 3.66. The fraction of sp³-hybridized carbons (Fsp3) is 0.0175. The summed E-state index contributed by atoms with van der Waals surface area (Å²) in [6, 6.07) is 69.1. The highest BCUT2D eigenvalue weighted by atomic mass is 16.3. The first kappa shape index (κ1) is 34.6. The molecule has 0 saturated heterocycles. The van der Waals surface area contributed by atoms with Crippen LogP contribution < -0.4 is 0 Å². The van der Waals surface area contributed by atoms with Gasteiger partial charge in [-0.15, -0.1) is 0 Å². The molecule has 3 aromatic heterocycles. The molecule has 1 spiro atoms. The van der Waals surface area contributed by atoms with Gasteiger partial charge in [-0.2, -0.15) is 0 Å². The lowest BCUT2D eigenvalue weighted by atomic mass is 9.65. The third-order valence-corrected chi connectivity index (χ3v) is 12.8. The van der Waals surface area contributed by atoms with Crippen molar-refractivity contribution in [2.75, 3.05) is 0 Å². The number of nitrogens with zero attached hydrogens (tertiary/aromatic N) is 4. The van der Waals surface area contributed by atoms with Crippen LogP contribution in [0.15, 0.2) is 211 Å². The van der Waals surface area contributed by atoms with E-state index in [-0.39, 0.29) is 0 Å². The standard InChI is InChI=1S/C57H34N4O/c1-3-15-35(16-4-1)50-32-51(61-56(60-50)38-33-58-55(59-34-38)36-17-5-2-6-18-36)37-27-28-42-40-20-8-7-19-39(40)41-21-9-12-24-46(41)57(49(42)31-37)47-25-13-10-23-45(47)53-48(57)30-29-44-43-22-11-14-26-52(43)62-54(44)53/h1-34H. The molecule has 8 aromatic carbocycles. The summed E-state index contributed by atoms with van der Waals surface area (Å²) in [5, 5.41) is 2.24. The fourth-order valence-electron chi connectivity index (χ4n) is 10.2. The van der Waals surface area contributed by atoms with Crippen LogP contribution in [0, 0.1) is 0 Å². The maximum Gasteiger partial charge on any atom is 0.163 e. The zero-order valence-electron chi connectivity index (χ0n) is 33.3. The van der Waals surface area contributed by atoms with Crippen LogP contribution >= 0.6 is 0 Å². The first-order chi connectivity index (χ1) is 30.7. The number of rotatable bonds is 4. The van der Waals surface area contributed by atoms with Gasteiger partial charge in [0.2, 0.25) is 0 Å². The lowest BCUT2D eigenvalue weighted by Gasteiger charge is -2.35. The van der Waals surface area contributed by atoms with Crippen LogP contribution in [-0.2, 0) is 5.41 Å². The second-order valence-corrected chi connectivity index (χ2v) is 16.1. The Bertz CT molecular complexity index is 3580. The molecular formula is C57H34N4O. The van der Waals surface area contributed by atoms with Gasteiger partial charge in [-0.05, 0) is 68.3 Å². The molecule has 0 fully saturated rings. The molecule has 5 nitrogen and oxygen atoms in total. The maximum absolute atomic E-state index is 6.86. The third kappa shape index (κ3) is 4.96. The quantitative estimate of drug-likeness (QED) is 0.178. The van der Waals surface area contributed by atoms with Gasteiger partial charge in [0.1, 0.15) is 11.2 Å². The number of fused-ring (bicyclic) bond motifs is 16. The Labute approximate surface area is 357 Å². The minimum Gasteiger partial charge on any atom is -0.455 e. The molecule has 288 valence electrons. The average Bonchev–Trinajstić information content (AvgIpc) is 3.85.